The van der Waals surface area contributed by atoms with Crippen LogP contribution in [-0.2, 0) is 9.53 Å². The summed E-state index contributed by atoms with van der Waals surface area (Å²) in [5.41, 5.74) is -1.35. The number of carboxylic acid groups (broad SMARTS) is 1. The molecule has 8 heteroatoms. The number of halogens is 2. The van der Waals surface area contributed by atoms with Gasteiger partial charge in [-0.05, 0) is 13.3 Å². The van der Waals surface area contributed by atoms with Gasteiger partial charge in [0.1, 0.15) is 12.1 Å². The third kappa shape index (κ3) is 6.33. The van der Waals surface area contributed by atoms with Crippen molar-refractivity contribution in [3.05, 3.63) is 0 Å². The quantitative estimate of drug-likeness (QED) is 0.569. The highest BCUT2D eigenvalue weighted by atomic mass is 19.3. The highest BCUT2D eigenvalue weighted by Gasteiger charge is 2.32. The Hall–Kier alpha value is -1.44. The summed E-state index contributed by atoms with van der Waals surface area (Å²) in [7, 11) is 0. The van der Waals surface area contributed by atoms with Crippen molar-refractivity contribution in [2.24, 2.45) is 0 Å². The Bertz CT molecular complexity index is 289. The molecular weight excluding hydrogens is 250 g/mol. The maximum absolute atomic E-state index is 11.7. The molecule has 0 radical (unpaired) electrons. The lowest BCUT2D eigenvalue weighted by Crippen LogP contribution is -2.55. The summed E-state index contributed by atoms with van der Waals surface area (Å²) < 4.78 is 27.9. The number of hydrogen-bond donors (Lipinski definition) is 3. The number of urea groups is 1. The third-order valence-corrected chi connectivity index (χ3v) is 2.34. The summed E-state index contributed by atoms with van der Waals surface area (Å²) in [5.74, 6) is -1.14. The number of aliphatic carboxylic acids is 1. The first-order chi connectivity index (χ1) is 8.31. The molecule has 6 nitrogen and oxygen atoms in total. The van der Waals surface area contributed by atoms with Crippen molar-refractivity contribution in [2.75, 3.05) is 19.8 Å². The lowest BCUT2D eigenvalue weighted by atomic mass is 10.00. The van der Waals surface area contributed by atoms with Crippen LogP contribution < -0.4 is 10.6 Å². The monoisotopic (exact) mass is 268 g/mol. The second-order valence-electron chi connectivity index (χ2n) is 3.84. The van der Waals surface area contributed by atoms with E-state index in [9.17, 15) is 18.4 Å². The van der Waals surface area contributed by atoms with Gasteiger partial charge >= 0.3 is 12.0 Å². The van der Waals surface area contributed by atoms with Gasteiger partial charge in [-0.2, -0.15) is 0 Å². The average Bonchev–Trinajstić information content (AvgIpc) is 2.27. The fourth-order valence-electron chi connectivity index (χ4n) is 0.997. The lowest BCUT2D eigenvalue weighted by molar-refractivity contribution is -0.143. The van der Waals surface area contributed by atoms with E-state index in [0.717, 1.165) is 0 Å². The van der Waals surface area contributed by atoms with E-state index < -0.39 is 30.6 Å². The molecule has 1 unspecified atom stereocenters. The largest absolute Gasteiger partial charge is 0.480 e. The molecule has 0 spiro atoms. The van der Waals surface area contributed by atoms with Crippen molar-refractivity contribution in [2.45, 2.75) is 32.2 Å². The van der Waals surface area contributed by atoms with Gasteiger partial charge in [0.2, 0.25) is 0 Å². The summed E-state index contributed by atoms with van der Waals surface area (Å²) in [6.07, 6.45) is -2.33. The molecule has 0 aromatic rings. The van der Waals surface area contributed by atoms with Crippen LogP contribution >= 0.6 is 0 Å². The van der Waals surface area contributed by atoms with Gasteiger partial charge in [0.25, 0.3) is 6.43 Å². The highest BCUT2D eigenvalue weighted by molar-refractivity contribution is 5.85. The van der Waals surface area contributed by atoms with Gasteiger partial charge in [0.05, 0.1) is 6.61 Å². The minimum Gasteiger partial charge on any atom is -0.480 e. The Labute approximate surface area is 104 Å². The zero-order valence-electron chi connectivity index (χ0n) is 10.3. The molecule has 0 bridgehead atoms. The molecule has 0 saturated heterocycles. The number of carbonyl (C=O) groups excluding carboxylic acids is 1. The molecular formula is C10H18F2N2O4. The maximum Gasteiger partial charge on any atom is 0.329 e. The summed E-state index contributed by atoms with van der Waals surface area (Å²) in [4.78, 5) is 22.2. The van der Waals surface area contributed by atoms with Crippen LogP contribution in [-0.4, -0.2) is 48.8 Å². The van der Waals surface area contributed by atoms with Crippen molar-refractivity contribution in [1.82, 2.24) is 10.6 Å². The first kappa shape index (κ1) is 16.6. The standard InChI is InChI=1S/C10H18F2N2O4/c1-3-10(2,8(15)16)14-9(17)13-4-5-18-6-7(11)12/h7H,3-6H2,1-2H3,(H,15,16)(H2,13,14,17). The SMILES string of the molecule is CCC(C)(NC(=O)NCCOCC(F)F)C(=O)O. The molecule has 0 aliphatic carbocycles. The molecule has 0 aromatic heterocycles. The van der Waals surface area contributed by atoms with E-state index >= 15 is 0 Å². The van der Waals surface area contributed by atoms with E-state index in [2.05, 4.69) is 15.4 Å². The maximum atomic E-state index is 11.7. The predicted octanol–water partition coefficient (Wildman–Crippen LogP) is 0.821. The highest BCUT2D eigenvalue weighted by Crippen LogP contribution is 2.08. The minimum absolute atomic E-state index is 0.0258. The van der Waals surface area contributed by atoms with Gasteiger partial charge in [-0.25, -0.2) is 18.4 Å². The molecule has 0 saturated carbocycles. The van der Waals surface area contributed by atoms with Crippen LogP contribution in [0.3, 0.4) is 0 Å². The Morgan fingerprint density at radius 2 is 2.06 bits per heavy atom. The van der Waals surface area contributed by atoms with Gasteiger partial charge in [0, 0.05) is 6.54 Å². The summed E-state index contributed by atoms with van der Waals surface area (Å²) >= 11 is 0. The van der Waals surface area contributed by atoms with Gasteiger partial charge < -0.3 is 20.5 Å². The number of rotatable bonds is 8. The van der Waals surface area contributed by atoms with Crippen molar-refractivity contribution in [3.63, 3.8) is 0 Å². The van der Waals surface area contributed by atoms with E-state index in [1.54, 1.807) is 6.92 Å². The molecule has 18 heavy (non-hydrogen) atoms. The summed E-state index contributed by atoms with van der Waals surface area (Å²) in [6, 6.07) is -0.678. The van der Waals surface area contributed by atoms with Gasteiger partial charge in [-0.15, -0.1) is 0 Å². The molecule has 0 aliphatic heterocycles. The first-order valence-corrected chi connectivity index (χ1v) is 5.47. The number of hydrogen-bond acceptors (Lipinski definition) is 3. The fourth-order valence-corrected chi connectivity index (χ4v) is 0.997. The van der Waals surface area contributed by atoms with Crippen LogP contribution in [0.2, 0.25) is 0 Å². The fraction of sp³-hybridized carbons (Fsp3) is 0.800. The minimum atomic E-state index is -2.55. The number of alkyl halides is 2. The second-order valence-corrected chi connectivity index (χ2v) is 3.84. The first-order valence-electron chi connectivity index (χ1n) is 5.47. The number of ether oxygens (including phenoxy) is 1. The molecule has 0 aromatic carbocycles. The Morgan fingerprint density at radius 3 is 2.50 bits per heavy atom. The number of carbonyl (C=O) groups is 2. The summed E-state index contributed by atoms with van der Waals surface area (Å²) in [5, 5.41) is 13.5. The Balaban J connectivity index is 3.87. The molecule has 3 N–H and O–H groups in total. The van der Waals surface area contributed by atoms with E-state index in [1.807, 2.05) is 0 Å². The van der Waals surface area contributed by atoms with Crippen LogP contribution in [0.1, 0.15) is 20.3 Å². The van der Waals surface area contributed by atoms with Crippen molar-refractivity contribution in [3.8, 4) is 0 Å². The number of nitrogens with one attached hydrogen (secondary N) is 2. The molecule has 0 heterocycles. The van der Waals surface area contributed by atoms with Crippen molar-refractivity contribution in [1.29, 1.82) is 0 Å². The number of amides is 2. The van der Waals surface area contributed by atoms with Crippen LogP contribution in [0.15, 0.2) is 0 Å². The average molecular weight is 268 g/mol. The van der Waals surface area contributed by atoms with Crippen LogP contribution in [0.4, 0.5) is 13.6 Å². The van der Waals surface area contributed by atoms with Gasteiger partial charge in [0.15, 0.2) is 0 Å². The normalized spacial score (nSPS) is 14.1. The van der Waals surface area contributed by atoms with Crippen molar-refractivity contribution < 1.29 is 28.2 Å². The summed E-state index contributed by atoms with van der Waals surface area (Å²) in [6.45, 7) is 2.28. The molecule has 0 rings (SSSR count). The Morgan fingerprint density at radius 1 is 1.44 bits per heavy atom. The predicted molar refractivity (Wildman–Crippen MR) is 59.7 cm³/mol. The van der Waals surface area contributed by atoms with Crippen LogP contribution in [0.25, 0.3) is 0 Å². The van der Waals surface area contributed by atoms with E-state index in [4.69, 9.17) is 5.11 Å². The van der Waals surface area contributed by atoms with E-state index in [1.165, 1.54) is 6.92 Å². The zero-order chi connectivity index (χ0) is 14.2. The zero-order valence-corrected chi connectivity index (χ0v) is 10.3. The van der Waals surface area contributed by atoms with Crippen LogP contribution in [0.5, 0.6) is 0 Å². The molecule has 106 valence electrons. The second kappa shape index (κ2) is 7.80. The topological polar surface area (TPSA) is 87.7 Å². The molecule has 1 atom stereocenters. The molecule has 0 aliphatic rings. The van der Waals surface area contributed by atoms with Gasteiger partial charge in [-0.3, -0.25) is 0 Å². The lowest BCUT2D eigenvalue weighted by Gasteiger charge is -2.24. The smallest absolute Gasteiger partial charge is 0.329 e. The van der Waals surface area contributed by atoms with Gasteiger partial charge in [-0.1, -0.05) is 6.92 Å². The Kier molecular flexibility index (Phi) is 7.18. The van der Waals surface area contributed by atoms with Crippen molar-refractivity contribution >= 4 is 12.0 Å². The molecule has 2 amide bonds. The van der Waals surface area contributed by atoms with E-state index in [-0.39, 0.29) is 19.6 Å². The van der Waals surface area contributed by atoms with Crippen LogP contribution in [0, 0.1) is 0 Å². The molecule has 0 fully saturated rings. The third-order valence-electron chi connectivity index (χ3n) is 2.34. The number of carboxylic acids is 1. The van der Waals surface area contributed by atoms with E-state index in [0.29, 0.717) is 0 Å².